The molecule has 0 amide bonds. The smallest absolute Gasteiger partial charge is 0.306 e. The summed E-state index contributed by atoms with van der Waals surface area (Å²) < 4.78 is 10.7. The summed E-state index contributed by atoms with van der Waals surface area (Å²) in [5, 5.41) is 9.20. The summed E-state index contributed by atoms with van der Waals surface area (Å²) >= 11 is 0. The molecule has 0 heterocycles. The molecule has 1 aliphatic carbocycles. The highest BCUT2D eigenvalue weighted by molar-refractivity contribution is 5.70. The predicted octanol–water partition coefficient (Wildman–Crippen LogP) is 3.03. The molecule has 1 aromatic rings. The number of ether oxygens (including phenoxy) is 2. The van der Waals surface area contributed by atoms with E-state index in [1.807, 2.05) is 0 Å². The zero-order valence-corrected chi connectivity index (χ0v) is 12.9. The highest BCUT2D eigenvalue weighted by atomic mass is 16.5. The SMILES string of the molecule is COC(=O)CC1(COc2cccc(N)c2C#N)CCCCC1. The van der Waals surface area contributed by atoms with Crippen LogP contribution in [0.15, 0.2) is 18.2 Å². The molecule has 22 heavy (non-hydrogen) atoms. The van der Waals surface area contributed by atoms with Gasteiger partial charge in [-0.05, 0) is 25.0 Å². The Morgan fingerprint density at radius 2 is 2.09 bits per heavy atom. The van der Waals surface area contributed by atoms with Gasteiger partial charge in [0.2, 0.25) is 0 Å². The molecule has 0 aromatic heterocycles. The number of carbonyl (C=O) groups excluding carboxylic acids is 1. The fourth-order valence-electron chi connectivity index (χ4n) is 3.07. The minimum atomic E-state index is -0.210. The molecule has 5 heteroatoms. The lowest BCUT2D eigenvalue weighted by Gasteiger charge is -2.36. The Bertz CT molecular complexity index is 572. The molecule has 0 radical (unpaired) electrons. The van der Waals surface area contributed by atoms with Crippen molar-refractivity contribution in [3.8, 4) is 11.8 Å². The van der Waals surface area contributed by atoms with Crippen molar-refractivity contribution in [3.63, 3.8) is 0 Å². The Balaban J connectivity index is 2.13. The summed E-state index contributed by atoms with van der Waals surface area (Å²) in [5.74, 6) is 0.274. The van der Waals surface area contributed by atoms with Crippen LogP contribution in [-0.4, -0.2) is 19.7 Å². The Labute approximate surface area is 131 Å². The maximum absolute atomic E-state index is 11.7. The van der Waals surface area contributed by atoms with Gasteiger partial charge < -0.3 is 15.2 Å². The van der Waals surface area contributed by atoms with Crippen molar-refractivity contribution in [2.24, 2.45) is 5.41 Å². The molecule has 1 saturated carbocycles. The molecule has 0 atom stereocenters. The first kappa shape index (κ1) is 16.2. The third-order valence-electron chi connectivity index (χ3n) is 4.37. The van der Waals surface area contributed by atoms with Gasteiger partial charge in [0.15, 0.2) is 0 Å². The van der Waals surface area contributed by atoms with E-state index in [0.29, 0.717) is 30.0 Å². The van der Waals surface area contributed by atoms with Crippen LogP contribution < -0.4 is 10.5 Å². The van der Waals surface area contributed by atoms with Crippen LogP contribution in [0.2, 0.25) is 0 Å². The normalized spacial score (nSPS) is 16.5. The second kappa shape index (κ2) is 7.17. The molecular weight excluding hydrogens is 280 g/mol. The number of anilines is 1. The van der Waals surface area contributed by atoms with Gasteiger partial charge in [-0.2, -0.15) is 5.26 Å². The molecule has 0 aliphatic heterocycles. The van der Waals surface area contributed by atoms with E-state index in [-0.39, 0.29) is 11.4 Å². The van der Waals surface area contributed by atoms with Gasteiger partial charge in [-0.3, -0.25) is 4.79 Å². The third-order valence-corrected chi connectivity index (χ3v) is 4.37. The van der Waals surface area contributed by atoms with Crippen molar-refractivity contribution in [1.82, 2.24) is 0 Å². The number of hydrogen-bond acceptors (Lipinski definition) is 5. The van der Waals surface area contributed by atoms with Crippen molar-refractivity contribution < 1.29 is 14.3 Å². The Morgan fingerprint density at radius 3 is 2.73 bits per heavy atom. The second-order valence-corrected chi connectivity index (χ2v) is 5.93. The highest BCUT2D eigenvalue weighted by Gasteiger charge is 2.36. The summed E-state index contributed by atoms with van der Waals surface area (Å²) in [6.07, 6.45) is 5.59. The molecule has 2 rings (SSSR count). The van der Waals surface area contributed by atoms with E-state index >= 15 is 0 Å². The molecule has 0 spiro atoms. The minimum absolute atomic E-state index is 0.206. The number of esters is 1. The average Bonchev–Trinajstić information content (AvgIpc) is 2.54. The number of methoxy groups -OCH3 is 1. The predicted molar refractivity (Wildman–Crippen MR) is 83.2 cm³/mol. The van der Waals surface area contributed by atoms with Crippen LogP contribution in [0.1, 0.15) is 44.1 Å². The highest BCUT2D eigenvalue weighted by Crippen LogP contribution is 2.40. The van der Waals surface area contributed by atoms with Gasteiger partial charge in [0.25, 0.3) is 0 Å². The largest absolute Gasteiger partial charge is 0.492 e. The molecule has 2 N–H and O–H groups in total. The summed E-state index contributed by atoms with van der Waals surface area (Å²) in [4.78, 5) is 11.7. The van der Waals surface area contributed by atoms with Crippen molar-refractivity contribution in [2.75, 3.05) is 19.5 Å². The first-order valence-corrected chi connectivity index (χ1v) is 7.58. The van der Waals surface area contributed by atoms with Gasteiger partial charge in [0, 0.05) is 5.41 Å². The standard InChI is InChI=1S/C17H22N2O3/c1-21-16(20)10-17(8-3-2-4-9-17)12-22-15-7-5-6-14(19)13(15)11-18/h5-7H,2-4,8-10,12,19H2,1H3. The number of nitrogens with zero attached hydrogens (tertiary/aromatic N) is 1. The molecule has 1 aromatic carbocycles. The summed E-state index contributed by atoms with van der Waals surface area (Å²) in [5.41, 5.74) is 6.35. The fourth-order valence-corrected chi connectivity index (χ4v) is 3.07. The maximum atomic E-state index is 11.7. The van der Waals surface area contributed by atoms with Gasteiger partial charge in [0.05, 0.1) is 25.8 Å². The van der Waals surface area contributed by atoms with E-state index in [0.717, 1.165) is 25.7 Å². The van der Waals surface area contributed by atoms with Crippen molar-refractivity contribution in [3.05, 3.63) is 23.8 Å². The van der Waals surface area contributed by atoms with Gasteiger partial charge in [-0.1, -0.05) is 25.3 Å². The molecule has 0 bridgehead atoms. The quantitative estimate of drug-likeness (QED) is 0.667. The van der Waals surface area contributed by atoms with Crippen LogP contribution in [0.5, 0.6) is 5.75 Å². The molecule has 0 unspecified atom stereocenters. The van der Waals surface area contributed by atoms with Gasteiger partial charge in [-0.15, -0.1) is 0 Å². The molecule has 1 fully saturated rings. The van der Waals surface area contributed by atoms with Crippen LogP contribution in [0, 0.1) is 16.7 Å². The number of nitrogen functional groups attached to an aromatic ring is 1. The maximum Gasteiger partial charge on any atom is 0.306 e. The van der Waals surface area contributed by atoms with Gasteiger partial charge >= 0.3 is 5.97 Å². The lowest BCUT2D eigenvalue weighted by molar-refractivity contribution is -0.144. The van der Waals surface area contributed by atoms with Crippen LogP contribution in [-0.2, 0) is 9.53 Å². The fraction of sp³-hybridized carbons (Fsp3) is 0.529. The van der Waals surface area contributed by atoms with E-state index in [9.17, 15) is 10.1 Å². The monoisotopic (exact) mass is 302 g/mol. The van der Waals surface area contributed by atoms with E-state index < -0.39 is 0 Å². The van der Waals surface area contributed by atoms with E-state index in [4.69, 9.17) is 15.2 Å². The summed E-state index contributed by atoms with van der Waals surface area (Å²) in [7, 11) is 1.41. The summed E-state index contributed by atoms with van der Waals surface area (Å²) in [6, 6.07) is 7.25. The van der Waals surface area contributed by atoms with Crippen LogP contribution >= 0.6 is 0 Å². The molecule has 118 valence electrons. The van der Waals surface area contributed by atoms with Crippen molar-refractivity contribution in [2.45, 2.75) is 38.5 Å². The Hall–Kier alpha value is -2.22. The van der Waals surface area contributed by atoms with Gasteiger partial charge in [-0.25, -0.2) is 0 Å². The molecule has 5 nitrogen and oxygen atoms in total. The average molecular weight is 302 g/mol. The molecular formula is C17H22N2O3. The zero-order valence-electron chi connectivity index (χ0n) is 12.9. The van der Waals surface area contributed by atoms with Crippen LogP contribution in [0.4, 0.5) is 5.69 Å². The minimum Gasteiger partial charge on any atom is -0.492 e. The van der Waals surface area contributed by atoms with E-state index in [2.05, 4.69) is 6.07 Å². The lowest BCUT2D eigenvalue weighted by Crippen LogP contribution is -2.34. The number of benzene rings is 1. The molecule has 0 saturated heterocycles. The van der Waals surface area contributed by atoms with Gasteiger partial charge in [0.1, 0.15) is 17.4 Å². The number of hydrogen-bond donors (Lipinski definition) is 1. The Kier molecular flexibility index (Phi) is 5.26. The second-order valence-electron chi connectivity index (χ2n) is 5.93. The number of carbonyl (C=O) groups is 1. The molecule has 1 aliphatic rings. The van der Waals surface area contributed by atoms with E-state index in [1.165, 1.54) is 13.5 Å². The lowest BCUT2D eigenvalue weighted by atomic mass is 9.72. The topological polar surface area (TPSA) is 85.3 Å². The van der Waals surface area contributed by atoms with Crippen molar-refractivity contribution >= 4 is 11.7 Å². The first-order valence-electron chi connectivity index (χ1n) is 7.58. The number of rotatable bonds is 5. The van der Waals surface area contributed by atoms with Crippen LogP contribution in [0.3, 0.4) is 0 Å². The third kappa shape index (κ3) is 3.70. The number of nitriles is 1. The van der Waals surface area contributed by atoms with Crippen LogP contribution in [0.25, 0.3) is 0 Å². The summed E-state index contributed by atoms with van der Waals surface area (Å²) in [6.45, 7) is 0.403. The zero-order chi connectivity index (χ0) is 16.0. The Morgan fingerprint density at radius 1 is 1.36 bits per heavy atom. The van der Waals surface area contributed by atoms with E-state index in [1.54, 1.807) is 18.2 Å². The van der Waals surface area contributed by atoms with Crippen molar-refractivity contribution in [1.29, 1.82) is 5.26 Å². The first-order chi connectivity index (χ1) is 10.6. The number of nitrogens with two attached hydrogens (primary N) is 1.